The van der Waals surface area contributed by atoms with Crippen LogP contribution in [0.2, 0.25) is 10.0 Å². The first-order chi connectivity index (χ1) is 11.0. The molecule has 0 saturated carbocycles. The lowest BCUT2D eigenvalue weighted by atomic mass is 10.2. The van der Waals surface area contributed by atoms with Gasteiger partial charge in [0.05, 0.1) is 28.3 Å². The van der Waals surface area contributed by atoms with Gasteiger partial charge in [0, 0.05) is 10.6 Å². The summed E-state index contributed by atoms with van der Waals surface area (Å²) >= 11 is 12.0. The van der Waals surface area contributed by atoms with Crippen molar-refractivity contribution in [2.45, 2.75) is 6.92 Å². The lowest BCUT2D eigenvalue weighted by Crippen LogP contribution is -2.12. The minimum atomic E-state index is -0.268. The van der Waals surface area contributed by atoms with Gasteiger partial charge in [-0.15, -0.1) is 5.10 Å². The van der Waals surface area contributed by atoms with Gasteiger partial charge in [-0.05, 0) is 49.4 Å². The number of amides is 1. The molecule has 0 radical (unpaired) electrons. The Kier molecular flexibility index (Phi) is 4.32. The predicted molar refractivity (Wildman–Crippen MR) is 90.5 cm³/mol. The molecule has 2 aromatic carbocycles. The monoisotopic (exact) mass is 346 g/mol. The average Bonchev–Trinajstić information content (AvgIpc) is 2.97. The molecule has 7 heteroatoms. The molecule has 0 aliphatic heterocycles. The van der Waals surface area contributed by atoms with Gasteiger partial charge in [0.1, 0.15) is 0 Å². The number of halogens is 2. The van der Waals surface area contributed by atoms with E-state index in [1.165, 1.54) is 0 Å². The van der Waals surface area contributed by atoms with Crippen molar-refractivity contribution in [3.63, 3.8) is 0 Å². The fourth-order valence-electron chi connectivity index (χ4n) is 2.08. The summed E-state index contributed by atoms with van der Waals surface area (Å²) in [4.78, 5) is 12.3. The first-order valence-electron chi connectivity index (χ1n) is 6.79. The summed E-state index contributed by atoms with van der Waals surface area (Å²) in [6.07, 6.45) is 1.67. The second-order valence-corrected chi connectivity index (χ2v) is 5.76. The summed E-state index contributed by atoms with van der Waals surface area (Å²) in [5.74, 6) is -0.268. The minimum Gasteiger partial charge on any atom is -0.321 e. The van der Waals surface area contributed by atoms with E-state index in [1.54, 1.807) is 53.3 Å². The molecule has 0 aliphatic carbocycles. The number of aromatic nitrogens is 3. The number of nitrogens with one attached hydrogen (secondary N) is 1. The van der Waals surface area contributed by atoms with Crippen molar-refractivity contribution in [2.75, 3.05) is 5.32 Å². The molecule has 0 aliphatic rings. The van der Waals surface area contributed by atoms with Gasteiger partial charge in [-0.25, -0.2) is 4.68 Å². The highest BCUT2D eigenvalue weighted by atomic mass is 35.5. The third-order valence-electron chi connectivity index (χ3n) is 3.27. The van der Waals surface area contributed by atoms with E-state index in [1.807, 2.05) is 6.92 Å². The van der Waals surface area contributed by atoms with Crippen molar-refractivity contribution in [1.82, 2.24) is 15.0 Å². The van der Waals surface area contributed by atoms with Crippen molar-refractivity contribution in [3.8, 4) is 5.69 Å². The molecule has 0 bridgehead atoms. The van der Waals surface area contributed by atoms with Crippen molar-refractivity contribution in [1.29, 1.82) is 0 Å². The Hall–Kier alpha value is -2.37. The minimum absolute atomic E-state index is 0.268. The van der Waals surface area contributed by atoms with E-state index in [9.17, 15) is 4.79 Å². The smallest absolute Gasteiger partial charge is 0.255 e. The fourth-order valence-corrected chi connectivity index (χ4v) is 2.42. The molecule has 0 atom stereocenters. The molecule has 0 spiro atoms. The summed E-state index contributed by atoms with van der Waals surface area (Å²) in [5.41, 5.74) is 2.72. The number of nitrogens with zero attached hydrogens (tertiary/aromatic N) is 3. The van der Waals surface area contributed by atoms with Crippen LogP contribution in [0, 0.1) is 6.92 Å². The van der Waals surface area contributed by atoms with Crippen LogP contribution in [0.3, 0.4) is 0 Å². The van der Waals surface area contributed by atoms with E-state index in [-0.39, 0.29) is 5.91 Å². The molecule has 116 valence electrons. The van der Waals surface area contributed by atoms with Crippen LogP contribution in [0.1, 0.15) is 16.1 Å². The molecule has 1 heterocycles. The number of benzene rings is 2. The Balaban J connectivity index is 1.81. The molecule has 1 amide bonds. The first kappa shape index (κ1) is 15.5. The summed E-state index contributed by atoms with van der Waals surface area (Å²) in [6, 6.07) is 11.9. The van der Waals surface area contributed by atoms with Gasteiger partial charge in [0.2, 0.25) is 0 Å². The number of aryl methyl sites for hydroxylation is 1. The van der Waals surface area contributed by atoms with Crippen molar-refractivity contribution in [2.24, 2.45) is 0 Å². The van der Waals surface area contributed by atoms with E-state index >= 15 is 0 Å². The Morgan fingerprint density at radius 3 is 2.52 bits per heavy atom. The van der Waals surface area contributed by atoms with E-state index in [4.69, 9.17) is 23.2 Å². The topological polar surface area (TPSA) is 59.8 Å². The number of hydrogen-bond donors (Lipinski definition) is 1. The van der Waals surface area contributed by atoms with Gasteiger partial charge in [-0.3, -0.25) is 4.79 Å². The molecule has 0 fully saturated rings. The quantitative estimate of drug-likeness (QED) is 0.775. The zero-order valence-corrected chi connectivity index (χ0v) is 13.6. The SMILES string of the molecule is Cc1cnnn1-c1ccc(C(=O)Nc2cc(Cl)ccc2Cl)cc1. The van der Waals surface area contributed by atoms with Crippen LogP contribution in [-0.4, -0.2) is 20.9 Å². The van der Waals surface area contributed by atoms with Gasteiger partial charge >= 0.3 is 0 Å². The summed E-state index contributed by atoms with van der Waals surface area (Å²) < 4.78 is 1.69. The number of carbonyl (C=O) groups excluding carboxylic acids is 1. The van der Waals surface area contributed by atoms with Crippen LogP contribution in [0.15, 0.2) is 48.7 Å². The number of rotatable bonds is 3. The molecule has 1 N–H and O–H groups in total. The Labute approximate surface area is 142 Å². The molecule has 23 heavy (non-hydrogen) atoms. The van der Waals surface area contributed by atoms with Crippen molar-refractivity contribution in [3.05, 3.63) is 70.0 Å². The van der Waals surface area contributed by atoms with E-state index in [0.29, 0.717) is 21.3 Å². The molecule has 3 aromatic rings. The highest BCUT2D eigenvalue weighted by Crippen LogP contribution is 2.26. The molecule has 0 unspecified atom stereocenters. The third-order valence-corrected chi connectivity index (χ3v) is 3.84. The second kappa shape index (κ2) is 6.40. The van der Waals surface area contributed by atoms with Gasteiger partial charge in [0.15, 0.2) is 0 Å². The number of anilines is 1. The maximum Gasteiger partial charge on any atom is 0.255 e. The molecular formula is C16H12Cl2N4O. The zero-order chi connectivity index (χ0) is 16.4. The van der Waals surface area contributed by atoms with Crippen molar-refractivity contribution < 1.29 is 4.79 Å². The Bertz CT molecular complexity index is 859. The fraction of sp³-hybridized carbons (Fsp3) is 0.0625. The summed E-state index contributed by atoms with van der Waals surface area (Å²) in [6.45, 7) is 1.90. The molecule has 0 saturated heterocycles. The highest BCUT2D eigenvalue weighted by molar-refractivity contribution is 6.35. The van der Waals surface area contributed by atoms with Gasteiger partial charge in [-0.1, -0.05) is 28.4 Å². The normalized spacial score (nSPS) is 10.6. The summed E-state index contributed by atoms with van der Waals surface area (Å²) in [7, 11) is 0. The molecule has 3 rings (SSSR count). The average molecular weight is 347 g/mol. The van der Waals surface area contributed by atoms with Crippen LogP contribution in [-0.2, 0) is 0 Å². The molecule has 1 aromatic heterocycles. The summed E-state index contributed by atoms with van der Waals surface area (Å²) in [5, 5.41) is 11.5. The zero-order valence-electron chi connectivity index (χ0n) is 12.1. The van der Waals surface area contributed by atoms with Gasteiger partial charge < -0.3 is 5.32 Å². The number of hydrogen-bond acceptors (Lipinski definition) is 3. The molecule has 5 nitrogen and oxygen atoms in total. The molecular weight excluding hydrogens is 335 g/mol. The Morgan fingerprint density at radius 1 is 1.13 bits per heavy atom. The lowest BCUT2D eigenvalue weighted by molar-refractivity contribution is 0.102. The van der Waals surface area contributed by atoms with Gasteiger partial charge in [-0.2, -0.15) is 0 Å². The van der Waals surface area contributed by atoms with Crippen LogP contribution in [0.4, 0.5) is 5.69 Å². The van der Waals surface area contributed by atoms with Crippen LogP contribution >= 0.6 is 23.2 Å². The van der Waals surface area contributed by atoms with Crippen molar-refractivity contribution >= 4 is 34.8 Å². The Morgan fingerprint density at radius 2 is 1.87 bits per heavy atom. The predicted octanol–water partition coefficient (Wildman–Crippen LogP) is 4.13. The van der Waals surface area contributed by atoms with E-state index in [0.717, 1.165) is 11.4 Å². The third kappa shape index (κ3) is 3.36. The standard InChI is InChI=1S/C16H12Cl2N4O/c1-10-9-19-21-22(10)13-5-2-11(3-6-13)16(23)20-15-8-12(17)4-7-14(15)18/h2-9H,1H3,(H,20,23). The highest BCUT2D eigenvalue weighted by Gasteiger charge is 2.10. The maximum atomic E-state index is 12.3. The first-order valence-corrected chi connectivity index (χ1v) is 7.54. The number of carbonyl (C=O) groups is 1. The largest absolute Gasteiger partial charge is 0.321 e. The van der Waals surface area contributed by atoms with E-state index in [2.05, 4.69) is 15.6 Å². The van der Waals surface area contributed by atoms with Crippen LogP contribution in [0.5, 0.6) is 0 Å². The second-order valence-electron chi connectivity index (χ2n) is 4.91. The van der Waals surface area contributed by atoms with Crippen LogP contribution in [0.25, 0.3) is 5.69 Å². The maximum absolute atomic E-state index is 12.3. The van der Waals surface area contributed by atoms with E-state index < -0.39 is 0 Å². The van der Waals surface area contributed by atoms with Gasteiger partial charge in [0.25, 0.3) is 5.91 Å². The lowest BCUT2D eigenvalue weighted by Gasteiger charge is -2.08. The van der Waals surface area contributed by atoms with Crippen LogP contribution < -0.4 is 5.32 Å².